The number of hydrogen-bond donors (Lipinski definition) is 1. The van der Waals surface area contributed by atoms with Gasteiger partial charge in [0.25, 0.3) is 0 Å². The SMILES string of the molecule is Cc1nc(C)c(C(C)NCc2cnc(N(C)C)n2C)s1. The molecule has 0 aliphatic rings. The van der Waals surface area contributed by atoms with Crippen molar-refractivity contribution >= 4 is 17.3 Å². The van der Waals surface area contributed by atoms with Gasteiger partial charge < -0.3 is 14.8 Å². The molecule has 0 aliphatic heterocycles. The van der Waals surface area contributed by atoms with Gasteiger partial charge in [0.1, 0.15) is 0 Å². The van der Waals surface area contributed by atoms with Crippen molar-refractivity contribution in [1.29, 1.82) is 0 Å². The van der Waals surface area contributed by atoms with Crippen molar-refractivity contribution in [2.45, 2.75) is 33.4 Å². The van der Waals surface area contributed by atoms with Gasteiger partial charge in [0.15, 0.2) is 0 Å². The highest BCUT2D eigenvalue weighted by atomic mass is 32.1. The molecule has 2 aromatic heterocycles. The molecule has 1 N–H and O–H groups in total. The molecule has 0 fully saturated rings. The Morgan fingerprint density at radius 2 is 2.10 bits per heavy atom. The van der Waals surface area contributed by atoms with Crippen LogP contribution in [0, 0.1) is 13.8 Å². The minimum Gasteiger partial charge on any atom is -0.348 e. The Hall–Kier alpha value is -1.40. The van der Waals surface area contributed by atoms with Crippen molar-refractivity contribution in [2.24, 2.45) is 7.05 Å². The number of rotatable bonds is 5. The molecule has 0 saturated carbocycles. The molecule has 0 amide bonds. The van der Waals surface area contributed by atoms with Gasteiger partial charge in [0, 0.05) is 38.6 Å². The molecular formula is C14H23N5S. The van der Waals surface area contributed by atoms with Crippen LogP contribution < -0.4 is 10.2 Å². The lowest BCUT2D eigenvalue weighted by atomic mass is 10.2. The summed E-state index contributed by atoms with van der Waals surface area (Å²) >= 11 is 1.77. The zero-order chi connectivity index (χ0) is 14.9. The third-order valence-corrected chi connectivity index (χ3v) is 4.64. The van der Waals surface area contributed by atoms with E-state index in [1.54, 1.807) is 11.3 Å². The number of aromatic nitrogens is 3. The van der Waals surface area contributed by atoms with Crippen molar-refractivity contribution in [1.82, 2.24) is 19.9 Å². The van der Waals surface area contributed by atoms with E-state index in [1.165, 1.54) is 10.6 Å². The molecule has 2 heterocycles. The highest BCUT2D eigenvalue weighted by molar-refractivity contribution is 7.11. The first-order valence-electron chi connectivity index (χ1n) is 6.75. The fourth-order valence-corrected chi connectivity index (χ4v) is 3.27. The number of nitrogens with zero attached hydrogens (tertiary/aromatic N) is 4. The molecule has 0 aliphatic carbocycles. The predicted molar refractivity (Wildman–Crippen MR) is 84.4 cm³/mol. The third-order valence-electron chi connectivity index (χ3n) is 3.38. The summed E-state index contributed by atoms with van der Waals surface area (Å²) in [5.74, 6) is 0.972. The van der Waals surface area contributed by atoms with E-state index >= 15 is 0 Å². The first kappa shape index (κ1) is 15.0. The first-order valence-corrected chi connectivity index (χ1v) is 7.57. The molecule has 0 radical (unpaired) electrons. The lowest BCUT2D eigenvalue weighted by molar-refractivity contribution is 0.562. The van der Waals surface area contributed by atoms with Crippen molar-refractivity contribution in [3.63, 3.8) is 0 Å². The van der Waals surface area contributed by atoms with E-state index in [0.29, 0.717) is 6.04 Å². The molecule has 5 nitrogen and oxygen atoms in total. The van der Waals surface area contributed by atoms with Crippen LogP contribution in [0.3, 0.4) is 0 Å². The summed E-state index contributed by atoms with van der Waals surface area (Å²) in [7, 11) is 6.06. The molecule has 1 unspecified atom stereocenters. The Morgan fingerprint density at radius 1 is 1.40 bits per heavy atom. The molecule has 2 rings (SSSR count). The highest BCUT2D eigenvalue weighted by Crippen LogP contribution is 2.24. The Kier molecular flexibility index (Phi) is 4.45. The lowest BCUT2D eigenvalue weighted by Crippen LogP contribution is -2.20. The smallest absolute Gasteiger partial charge is 0.204 e. The van der Waals surface area contributed by atoms with Crippen LogP contribution in [0.5, 0.6) is 0 Å². The largest absolute Gasteiger partial charge is 0.348 e. The molecule has 0 spiro atoms. The van der Waals surface area contributed by atoms with Gasteiger partial charge >= 0.3 is 0 Å². The van der Waals surface area contributed by atoms with E-state index in [1.807, 2.05) is 32.2 Å². The lowest BCUT2D eigenvalue weighted by Gasteiger charge is -2.15. The van der Waals surface area contributed by atoms with Crippen molar-refractivity contribution in [3.05, 3.63) is 27.5 Å². The number of imidazole rings is 1. The standard InChI is InChI=1S/C14H23N5S/c1-9(13-10(2)17-11(3)20-13)15-7-12-8-16-14(18(4)5)19(12)6/h8-9,15H,7H2,1-6H3. The van der Waals surface area contributed by atoms with Crippen molar-refractivity contribution in [3.8, 4) is 0 Å². The Bertz CT molecular complexity index is 584. The third kappa shape index (κ3) is 3.02. The second-order valence-corrected chi connectivity index (χ2v) is 6.52. The van der Waals surface area contributed by atoms with Crippen LogP contribution in [-0.4, -0.2) is 28.6 Å². The summed E-state index contributed by atoms with van der Waals surface area (Å²) in [6, 6.07) is 0.305. The number of aryl methyl sites for hydroxylation is 2. The molecule has 0 aromatic carbocycles. The van der Waals surface area contributed by atoms with E-state index in [0.717, 1.165) is 23.2 Å². The quantitative estimate of drug-likeness (QED) is 0.919. The van der Waals surface area contributed by atoms with Gasteiger partial charge in [-0.15, -0.1) is 11.3 Å². The number of nitrogens with one attached hydrogen (secondary N) is 1. The first-order chi connectivity index (χ1) is 9.40. The summed E-state index contributed by atoms with van der Waals surface area (Å²) in [6.07, 6.45) is 1.93. The van der Waals surface area contributed by atoms with E-state index in [-0.39, 0.29) is 0 Å². The fourth-order valence-electron chi connectivity index (χ4n) is 2.31. The van der Waals surface area contributed by atoms with Crippen LogP contribution in [0.2, 0.25) is 0 Å². The molecule has 110 valence electrons. The average molecular weight is 293 g/mol. The summed E-state index contributed by atoms with van der Waals surface area (Å²) < 4.78 is 2.12. The minimum atomic E-state index is 0.305. The Morgan fingerprint density at radius 3 is 2.60 bits per heavy atom. The van der Waals surface area contributed by atoms with Gasteiger partial charge in [-0.1, -0.05) is 0 Å². The number of thiazole rings is 1. The molecule has 0 bridgehead atoms. The van der Waals surface area contributed by atoms with Gasteiger partial charge in [-0.3, -0.25) is 0 Å². The Labute approximate surface area is 124 Å². The van der Waals surface area contributed by atoms with Crippen LogP contribution in [0.1, 0.15) is 34.2 Å². The highest BCUT2D eigenvalue weighted by Gasteiger charge is 2.14. The minimum absolute atomic E-state index is 0.305. The average Bonchev–Trinajstić information content (AvgIpc) is 2.89. The van der Waals surface area contributed by atoms with Crippen LogP contribution >= 0.6 is 11.3 Å². The van der Waals surface area contributed by atoms with E-state index in [4.69, 9.17) is 0 Å². The van der Waals surface area contributed by atoms with Crippen LogP contribution in [-0.2, 0) is 13.6 Å². The molecule has 20 heavy (non-hydrogen) atoms. The summed E-state index contributed by atoms with van der Waals surface area (Å²) in [4.78, 5) is 12.2. The van der Waals surface area contributed by atoms with Gasteiger partial charge in [0.05, 0.1) is 22.6 Å². The second-order valence-electron chi connectivity index (χ2n) is 5.29. The van der Waals surface area contributed by atoms with Gasteiger partial charge in [-0.25, -0.2) is 9.97 Å². The van der Waals surface area contributed by atoms with Crippen molar-refractivity contribution < 1.29 is 0 Å². The Balaban J connectivity index is 2.04. The van der Waals surface area contributed by atoms with Crippen molar-refractivity contribution in [2.75, 3.05) is 19.0 Å². The fraction of sp³-hybridized carbons (Fsp3) is 0.571. The molecule has 0 saturated heterocycles. The van der Waals surface area contributed by atoms with Crippen LogP contribution in [0.4, 0.5) is 5.95 Å². The maximum Gasteiger partial charge on any atom is 0.204 e. The normalized spacial score (nSPS) is 12.7. The zero-order valence-electron chi connectivity index (χ0n) is 13.1. The van der Waals surface area contributed by atoms with Crippen LogP contribution in [0.25, 0.3) is 0 Å². The molecule has 2 aromatic rings. The number of hydrogen-bond acceptors (Lipinski definition) is 5. The van der Waals surface area contributed by atoms with Gasteiger partial charge in [-0.2, -0.15) is 0 Å². The molecule has 1 atom stereocenters. The maximum atomic E-state index is 4.49. The van der Waals surface area contributed by atoms with Gasteiger partial charge in [-0.05, 0) is 20.8 Å². The monoisotopic (exact) mass is 293 g/mol. The van der Waals surface area contributed by atoms with Crippen LogP contribution in [0.15, 0.2) is 6.20 Å². The summed E-state index contributed by atoms with van der Waals surface area (Å²) in [6.45, 7) is 7.11. The summed E-state index contributed by atoms with van der Waals surface area (Å²) in [5, 5.41) is 4.68. The van der Waals surface area contributed by atoms with Gasteiger partial charge in [0.2, 0.25) is 5.95 Å². The van der Waals surface area contributed by atoms with E-state index in [2.05, 4.69) is 40.6 Å². The molecular weight excluding hydrogens is 270 g/mol. The topological polar surface area (TPSA) is 46.0 Å². The summed E-state index contributed by atoms with van der Waals surface area (Å²) in [5.41, 5.74) is 2.31. The maximum absolute atomic E-state index is 4.49. The second kappa shape index (κ2) is 5.93. The predicted octanol–water partition coefficient (Wildman–Crippen LogP) is 2.41. The zero-order valence-corrected chi connectivity index (χ0v) is 13.9. The number of anilines is 1. The van der Waals surface area contributed by atoms with E-state index in [9.17, 15) is 0 Å². The van der Waals surface area contributed by atoms with E-state index < -0.39 is 0 Å². The molecule has 6 heteroatoms.